The minimum Gasteiger partial charge on any atom is -0.383 e. The van der Waals surface area contributed by atoms with Crippen LogP contribution in [0.5, 0.6) is 0 Å². The number of amides is 1. The number of alkyl halides is 1. The van der Waals surface area contributed by atoms with Gasteiger partial charge in [0.1, 0.15) is 0 Å². The summed E-state index contributed by atoms with van der Waals surface area (Å²) < 4.78 is 4.98. The van der Waals surface area contributed by atoms with E-state index in [1.165, 1.54) is 0 Å². The van der Waals surface area contributed by atoms with Crippen LogP contribution in [0.25, 0.3) is 0 Å². The lowest BCUT2D eigenvalue weighted by molar-refractivity contribution is 0.0708. The molecule has 0 spiro atoms. The molecule has 0 bridgehead atoms. The molecular formula is C11H15BrN2O2. The van der Waals surface area contributed by atoms with E-state index >= 15 is 0 Å². The van der Waals surface area contributed by atoms with Gasteiger partial charge >= 0.3 is 0 Å². The molecule has 5 heteroatoms. The fourth-order valence-corrected chi connectivity index (χ4v) is 1.72. The van der Waals surface area contributed by atoms with Crippen molar-refractivity contribution in [2.75, 3.05) is 32.1 Å². The van der Waals surface area contributed by atoms with Crippen LogP contribution < -0.4 is 0 Å². The normalized spacial score (nSPS) is 10.1. The number of rotatable bonds is 6. The first-order valence-corrected chi connectivity index (χ1v) is 6.16. The van der Waals surface area contributed by atoms with E-state index in [1.807, 2.05) is 0 Å². The summed E-state index contributed by atoms with van der Waals surface area (Å²) in [6, 6.07) is 3.53. The predicted octanol–water partition coefficient (Wildman–Crippen LogP) is 1.57. The van der Waals surface area contributed by atoms with Gasteiger partial charge in [0, 0.05) is 37.9 Å². The first-order chi connectivity index (χ1) is 7.79. The maximum Gasteiger partial charge on any atom is 0.255 e. The Bertz CT molecular complexity index is 319. The van der Waals surface area contributed by atoms with Crippen LogP contribution in [0.1, 0.15) is 10.4 Å². The summed E-state index contributed by atoms with van der Waals surface area (Å²) in [5, 5.41) is 0.753. The lowest BCUT2D eigenvalue weighted by Gasteiger charge is -2.21. The standard InChI is InChI=1S/C11H15BrN2O2/c1-16-8-7-14(6-4-12)11(15)10-3-2-5-13-9-10/h2-3,5,9H,4,6-8H2,1H3. The monoisotopic (exact) mass is 286 g/mol. The fraction of sp³-hybridized carbons (Fsp3) is 0.455. The van der Waals surface area contributed by atoms with Gasteiger partial charge in [0.25, 0.3) is 5.91 Å². The molecule has 0 radical (unpaired) electrons. The number of nitrogens with zero attached hydrogens (tertiary/aromatic N) is 2. The van der Waals surface area contributed by atoms with E-state index in [2.05, 4.69) is 20.9 Å². The third-order valence-electron chi connectivity index (χ3n) is 2.12. The summed E-state index contributed by atoms with van der Waals surface area (Å²) in [7, 11) is 1.63. The lowest BCUT2D eigenvalue weighted by atomic mass is 10.2. The Kier molecular flexibility index (Phi) is 6.03. The summed E-state index contributed by atoms with van der Waals surface area (Å²) in [5.74, 6) is -0.00963. The van der Waals surface area contributed by atoms with Crippen LogP contribution in [0, 0.1) is 0 Å². The largest absolute Gasteiger partial charge is 0.383 e. The van der Waals surface area contributed by atoms with Gasteiger partial charge in [0.2, 0.25) is 0 Å². The summed E-state index contributed by atoms with van der Waals surface area (Å²) in [6.45, 7) is 1.80. The van der Waals surface area contributed by atoms with Crippen molar-refractivity contribution in [2.24, 2.45) is 0 Å². The number of ether oxygens (including phenoxy) is 1. The van der Waals surface area contributed by atoms with E-state index in [0.717, 1.165) is 5.33 Å². The quantitative estimate of drug-likeness (QED) is 0.746. The molecule has 1 aromatic heterocycles. The smallest absolute Gasteiger partial charge is 0.255 e. The second-order valence-corrected chi connectivity index (χ2v) is 4.01. The van der Waals surface area contributed by atoms with Crippen LogP contribution in [0.3, 0.4) is 0 Å². The van der Waals surface area contributed by atoms with E-state index in [0.29, 0.717) is 25.3 Å². The van der Waals surface area contributed by atoms with E-state index in [1.54, 1.807) is 36.5 Å². The van der Waals surface area contributed by atoms with Gasteiger partial charge in [-0.15, -0.1) is 0 Å². The number of carbonyl (C=O) groups is 1. The van der Waals surface area contributed by atoms with Crippen LogP contribution in [0.15, 0.2) is 24.5 Å². The number of halogens is 1. The summed E-state index contributed by atoms with van der Waals surface area (Å²) in [5.41, 5.74) is 0.611. The Hall–Kier alpha value is -0.940. The zero-order chi connectivity index (χ0) is 11.8. The molecule has 1 rings (SSSR count). The average molecular weight is 287 g/mol. The zero-order valence-electron chi connectivity index (χ0n) is 9.23. The van der Waals surface area contributed by atoms with Gasteiger partial charge in [-0.25, -0.2) is 0 Å². The van der Waals surface area contributed by atoms with Crippen LogP contribution >= 0.6 is 15.9 Å². The molecule has 0 aromatic carbocycles. The van der Waals surface area contributed by atoms with Crippen LogP contribution in [-0.2, 0) is 4.74 Å². The van der Waals surface area contributed by atoms with Gasteiger partial charge < -0.3 is 9.64 Å². The van der Waals surface area contributed by atoms with E-state index < -0.39 is 0 Å². The Balaban J connectivity index is 2.67. The highest BCUT2D eigenvalue weighted by Gasteiger charge is 2.14. The summed E-state index contributed by atoms with van der Waals surface area (Å²) in [4.78, 5) is 17.7. The lowest BCUT2D eigenvalue weighted by Crippen LogP contribution is -2.35. The van der Waals surface area contributed by atoms with E-state index in [-0.39, 0.29) is 5.91 Å². The highest BCUT2D eigenvalue weighted by atomic mass is 79.9. The molecule has 0 aliphatic rings. The summed E-state index contributed by atoms with van der Waals surface area (Å²) in [6.07, 6.45) is 3.23. The number of hydrogen-bond donors (Lipinski definition) is 0. The molecule has 0 saturated carbocycles. The predicted molar refractivity (Wildman–Crippen MR) is 65.8 cm³/mol. The van der Waals surface area contributed by atoms with Crippen LogP contribution in [-0.4, -0.2) is 47.9 Å². The Morgan fingerprint density at radius 2 is 2.38 bits per heavy atom. The number of hydrogen-bond acceptors (Lipinski definition) is 3. The van der Waals surface area contributed by atoms with Crippen molar-refractivity contribution < 1.29 is 9.53 Å². The van der Waals surface area contributed by atoms with Crippen molar-refractivity contribution >= 4 is 21.8 Å². The molecule has 0 atom stereocenters. The maximum atomic E-state index is 12.1. The van der Waals surface area contributed by atoms with Crippen LogP contribution in [0.4, 0.5) is 0 Å². The van der Waals surface area contributed by atoms with Crippen molar-refractivity contribution in [1.29, 1.82) is 0 Å². The number of carbonyl (C=O) groups excluding carboxylic acids is 1. The van der Waals surface area contributed by atoms with Gasteiger partial charge in [-0.2, -0.15) is 0 Å². The zero-order valence-corrected chi connectivity index (χ0v) is 10.8. The molecule has 16 heavy (non-hydrogen) atoms. The second kappa shape index (κ2) is 7.35. The van der Waals surface area contributed by atoms with Crippen molar-refractivity contribution in [3.63, 3.8) is 0 Å². The highest BCUT2D eigenvalue weighted by molar-refractivity contribution is 9.09. The molecular weight excluding hydrogens is 272 g/mol. The second-order valence-electron chi connectivity index (χ2n) is 3.22. The minimum absolute atomic E-state index is 0.00963. The van der Waals surface area contributed by atoms with Gasteiger partial charge in [-0.1, -0.05) is 15.9 Å². The molecule has 0 unspecified atom stereocenters. The molecule has 1 amide bonds. The molecule has 0 saturated heterocycles. The fourth-order valence-electron chi connectivity index (χ4n) is 1.29. The molecule has 1 aromatic rings. The number of methoxy groups -OCH3 is 1. The van der Waals surface area contributed by atoms with Gasteiger partial charge in [-0.05, 0) is 12.1 Å². The molecule has 0 N–H and O–H groups in total. The van der Waals surface area contributed by atoms with Crippen molar-refractivity contribution in [2.45, 2.75) is 0 Å². The van der Waals surface area contributed by atoms with Crippen molar-refractivity contribution in [3.8, 4) is 0 Å². The number of pyridine rings is 1. The van der Waals surface area contributed by atoms with E-state index in [4.69, 9.17) is 4.74 Å². The first kappa shape index (κ1) is 13.1. The Labute approximate surface area is 104 Å². The molecule has 88 valence electrons. The van der Waals surface area contributed by atoms with Gasteiger partial charge in [0.15, 0.2) is 0 Å². The number of aromatic nitrogens is 1. The topological polar surface area (TPSA) is 42.4 Å². The average Bonchev–Trinajstić information content (AvgIpc) is 2.35. The van der Waals surface area contributed by atoms with Gasteiger partial charge in [0.05, 0.1) is 12.2 Å². The highest BCUT2D eigenvalue weighted by Crippen LogP contribution is 2.03. The van der Waals surface area contributed by atoms with Crippen LogP contribution in [0.2, 0.25) is 0 Å². The van der Waals surface area contributed by atoms with E-state index in [9.17, 15) is 4.79 Å². The minimum atomic E-state index is -0.00963. The Morgan fingerprint density at radius 1 is 1.56 bits per heavy atom. The SMILES string of the molecule is COCCN(CCBr)C(=O)c1cccnc1. The molecule has 1 heterocycles. The molecule has 0 fully saturated rings. The molecule has 4 nitrogen and oxygen atoms in total. The third kappa shape index (κ3) is 3.90. The first-order valence-electron chi connectivity index (χ1n) is 5.03. The summed E-state index contributed by atoms with van der Waals surface area (Å²) >= 11 is 3.33. The third-order valence-corrected chi connectivity index (χ3v) is 2.47. The molecule has 0 aliphatic carbocycles. The van der Waals surface area contributed by atoms with Gasteiger partial charge in [-0.3, -0.25) is 9.78 Å². The van der Waals surface area contributed by atoms with Crippen molar-refractivity contribution in [1.82, 2.24) is 9.88 Å². The molecule has 0 aliphatic heterocycles. The van der Waals surface area contributed by atoms with Crippen molar-refractivity contribution in [3.05, 3.63) is 30.1 Å². The maximum absolute atomic E-state index is 12.1. The Morgan fingerprint density at radius 3 is 2.94 bits per heavy atom.